The standard InChI is InChI=1S/C12H12N6O.C3H7N/c1-3-7(2)9-8(12-17-15-6-19-12)4-18-10(9)11(13)14-5-16-18;1-2-3-4/h3-7H,1H2,2H3,(H2,13,14,16);2-3H,4H2,1H3/b;3-2+. The fraction of sp³-hybridized carbons (Fsp3) is 0.200. The zero-order valence-electron chi connectivity index (χ0n) is 13.0. The van der Waals surface area contributed by atoms with Crippen LogP contribution in [0, 0.1) is 0 Å². The van der Waals surface area contributed by atoms with Gasteiger partial charge in [0.2, 0.25) is 12.3 Å². The molecule has 0 spiro atoms. The topological polar surface area (TPSA) is 121 Å². The Morgan fingerprint density at radius 2 is 2.17 bits per heavy atom. The van der Waals surface area contributed by atoms with E-state index < -0.39 is 0 Å². The largest absolute Gasteiger partial charge is 0.423 e. The molecule has 0 amide bonds. The van der Waals surface area contributed by atoms with E-state index in [0.29, 0.717) is 11.7 Å². The second-order valence-corrected chi connectivity index (χ2v) is 4.69. The van der Waals surface area contributed by atoms with Gasteiger partial charge in [-0.25, -0.2) is 9.50 Å². The Labute approximate surface area is 133 Å². The van der Waals surface area contributed by atoms with E-state index in [-0.39, 0.29) is 5.92 Å². The Bertz CT molecular complexity index is 801. The molecule has 0 fully saturated rings. The van der Waals surface area contributed by atoms with Crippen LogP contribution in [0.3, 0.4) is 0 Å². The number of anilines is 1. The van der Waals surface area contributed by atoms with Crippen LogP contribution in [-0.2, 0) is 0 Å². The molecule has 1 unspecified atom stereocenters. The van der Waals surface area contributed by atoms with Crippen molar-refractivity contribution in [1.82, 2.24) is 24.8 Å². The molecule has 0 radical (unpaired) electrons. The van der Waals surface area contributed by atoms with E-state index >= 15 is 0 Å². The van der Waals surface area contributed by atoms with E-state index in [9.17, 15) is 0 Å². The van der Waals surface area contributed by atoms with E-state index in [1.54, 1.807) is 16.8 Å². The van der Waals surface area contributed by atoms with Gasteiger partial charge in [0.15, 0.2) is 5.82 Å². The van der Waals surface area contributed by atoms with Crippen LogP contribution in [0.25, 0.3) is 17.0 Å². The summed E-state index contributed by atoms with van der Waals surface area (Å²) in [4.78, 5) is 4.02. The third-order valence-corrected chi connectivity index (χ3v) is 3.23. The average Bonchev–Trinajstić information content (AvgIpc) is 3.22. The number of nitrogen functional groups attached to an aromatic ring is 1. The lowest BCUT2D eigenvalue weighted by atomic mass is 9.98. The minimum Gasteiger partial charge on any atom is -0.423 e. The normalized spacial score (nSPS) is 12.1. The van der Waals surface area contributed by atoms with Crippen molar-refractivity contribution in [3.63, 3.8) is 0 Å². The van der Waals surface area contributed by atoms with Gasteiger partial charge in [-0.3, -0.25) is 0 Å². The maximum atomic E-state index is 5.94. The molecule has 0 bridgehead atoms. The summed E-state index contributed by atoms with van der Waals surface area (Å²) >= 11 is 0. The number of aromatic nitrogens is 5. The van der Waals surface area contributed by atoms with Gasteiger partial charge in [-0.2, -0.15) is 5.10 Å². The first-order valence-electron chi connectivity index (χ1n) is 6.97. The van der Waals surface area contributed by atoms with Crippen LogP contribution in [0.5, 0.6) is 0 Å². The van der Waals surface area contributed by atoms with Gasteiger partial charge in [0.25, 0.3) is 0 Å². The highest BCUT2D eigenvalue weighted by Crippen LogP contribution is 2.35. The summed E-state index contributed by atoms with van der Waals surface area (Å²) in [6, 6.07) is 0. The van der Waals surface area contributed by atoms with Crippen LogP contribution >= 0.6 is 0 Å². The number of nitrogens with two attached hydrogens (primary N) is 2. The van der Waals surface area contributed by atoms with Crippen LogP contribution in [0.1, 0.15) is 25.3 Å². The van der Waals surface area contributed by atoms with Crippen molar-refractivity contribution in [2.45, 2.75) is 19.8 Å². The molecular weight excluding hydrogens is 294 g/mol. The van der Waals surface area contributed by atoms with Crippen LogP contribution in [0.2, 0.25) is 0 Å². The van der Waals surface area contributed by atoms with Gasteiger partial charge >= 0.3 is 0 Å². The monoisotopic (exact) mass is 313 g/mol. The first kappa shape index (κ1) is 16.2. The predicted octanol–water partition coefficient (Wildman–Crippen LogP) is 2.13. The Hall–Kier alpha value is -3.16. The molecule has 8 nitrogen and oxygen atoms in total. The summed E-state index contributed by atoms with van der Waals surface area (Å²) in [6.07, 6.45) is 9.59. The van der Waals surface area contributed by atoms with E-state index in [4.69, 9.17) is 15.9 Å². The highest BCUT2D eigenvalue weighted by Gasteiger charge is 2.21. The molecule has 8 heteroatoms. The average molecular weight is 313 g/mol. The molecule has 4 N–H and O–H groups in total. The lowest BCUT2D eigenvalue weighted by molar-refractivity contribution is 0.568. The van der Waals surface area contributed by atoms with E-state index in [1.807, 2.05) is 19.9 Å². The van der Waals surface area contributed by atoms with Crippen LogP contribution in [0.4, 0.5) is 5.82 Å². The molecule has 3 aromatic rings. The molecule has 0 aromatic carbocycles. The zero-order valence-corrected chi connectivity index (χ0v) is 13.0. The third kappa shape index (κ3) is 3.20. The number of hydrogen-bond acceptors (Lipinski definition) is 7. The van der Waals surface area contributed by atoms with Gasteiger partial charge in [0, 0.05) is 17.7 Å². The second kappa shape index (κ2) is 7.21. The van der Waals surface area contributed by atoms with Crippen molar-refractivity contribution in [3.05, 3.63) is 49.4 Å². The molecular formula is C15H19N7O. The Morgan fingerprint density at radius 3 is 2.74 bits per heavy atom. The molecule has 3 rings (SSSR count). The van der Waals surface area contributed by atoms with Crippen LogP contribution in [-0.4, -0.2) is 24.8 Å². The minimum absolute atomic E-state index is 0.0557. The summed E-state index contributed by atoms with van der Waals surface area (Å²) in [5.41, 5.74) is 13.2. The van der Waals surface area contributed by atoms with Crippen molar-refractivity contribution in [3.8, 4) is 11.5 Å². The summed E-state index contributed by atoms with van der Waals surface area (Å²) < 4.78 is 6.93. The molecule has 3 heterocycles. The first-order chi connectivity index (χ1) is 11.1. The Morgan fingerprint density at radius 1 is 1.43 bits per heavy atom. The van der Waals surface area contributed by atoms with Gasteiger partial charge in [-0.1, -0.05) is 19.1 Å². The predicted molar refractivity (Wildman–Crippen MR) is 88.3 cm³/mol. The fourth-order valence-corrected chi connectivity index (χ4v) is 2.10. The molecule has 23 heavy (non-hydrogen) atoms. The summed E-state index contributed by atoms with van der Waals surface area (Å²) in [6.45, 7) is 7.70. The summed E-state index contributed by atoms with van der Waals surface area (Å²) in [5.74, 6) is 0.887. The second-order valence-electron chi connectivity index (χ2n) is 4.69. The van der Waals surface area contributed by atoms with Gasteiger partial charge in [0.1, 0.15) is 11.8 Å². The van der Waals surface area contributed by atoms with Crippen LogP contribution < -0.4 is 11.5 Å². The fourth-order valence-electron chi connectivity index (χ4n) is 2.10. The van der Waals surface area contributed by atoms with E-state index in [1.165, 1.54) is 18.9 Å². The zero-order chi connectivity index (χ0) is 16.8. The van der Waals surface area contributed by atoms with Crippen molar-refractivity contribution >= 4 is 11.3 Å². The van der Waals surface area contributed by atoms with E-state index in [2.05, 4.69) is 26.9 Å². The molecule has 0 aliphatic heterocycles. The molecule has 1 atom stereocenters. The van der Waals surface area contributed by atoms with Crippen molar-refractivity contribution in [1.29, 1.82) is 0 Å². The van der Waals surface area contributed by atoms with E-state index in [0.717, 1.165) is 16.6 Å². The Kier molecular flexibility index (Phi) is 5.08. The number of fused-ring (bicyclic) bond motifs is 1. The maximum absolute atomic E-state index is 5.94. The lowest BCUT2D eigenvalue weighted by Crippen LogP contribution is -2.00. The maximum Gasteiger partial charge on any atom is 0.249 e. The summed E-state index contributed by atoms with van der Waals surface area (Å²) in [5, 5.41) is 11.8. The molecule has 0 aliphatic rings. The molecule has 3 aromatic heterocycles. The first-order valence-corrected chi connectivity index (χ1v) is 6.97. The Balaban J connectivity index is 0.000000433. The number of allylic oxidation sites excluding steroid dienone is 2. The number of hydrogen-bond donors (Lipinski definition) is 2. The molecule has 120 valence electrons. The molecule has 0 saturated heterocycles. The highest BCUT2D eigenvalue weighted by atomic mass is 16.4. The summed E-state index contributed by atoms with van der Waals surface area (Å²) in [7, 11) is 0. The van der Waals surface area contributed by atoms with Crippen LogP contribution in [0.15, 0.2) is 48.3 Å². The third-order valence-electron chi connectivity index (χ3n) is 3.23. The molecule has 0 aliphatic carbocycles. The van der Waals surface area contributed by atoms with Crippen molar-refractivity contribution < 1.29 is 4.42 Å². The SMILES string of the molecule is C/C=C/N.C=CC(C)c1c(-c2nnco2)cn2ncnc(N)c12. The van der Waals surface area contributed by atoms with Gasteiger partial charge < -0.3 is 15.9 Å². The minimum atomic E-state index is 0.0557. The smallest absolute Gasteiger partial charge is 0.249 e. The molecule has 0 saturated carbocycles. The van der Waals surface area contributed by atoms with Crippen molar-refractivity contribution in [2.75, 3.05) is 5.73 Å². The van der Waals surface area contributed by atoms with Gasteiger partial charge in [-0.05, 0) is 13.1 Å². The lowest BCUT2D eigenvalue weighted by Gasteiger charge is -2.07. The quantitative estimate of drug-likeness (QED) is 0.710. The number of rotatable bonds is 3. The number of nitrogens with zero attached hydrogens (tertiary/aromatic N) is 5. The van der Waals surface area contributed by atoms with Gasteiger partial charge in [0.05, 0.1) is 5.56 Å². The highest BCUT2D eigenvalue weighted by molar-refractivity contribution is 5.80. The van der Waals surface area contributed by atoms with Crippen molar-refractivity contribution in [2.24, 2.45) is 5.73 Å². The van der Waals surface area contributed by atoms with Gasteiger partial charge in [-0.15, -0.1) is 16.8 Å².